The molecule has 1 fully saturated rings. The minimum Gasteiger partial charge on any atom is -0.328 e. The lowest BCUT2D eigenvalue weighted by atomic mass is 10.0. The smallest absolute Gasteiger partial charge is 0.328 e. The number of hydrogen-bond acceptors (Lipinski definition) is 4. The first-order chi connectivity index (χ1) is 11.4. The van der Waals surface area contributed by atoms with Gasteiger partial charge in [0.2, 0.25) is 0 Å². The van der Waals surface area contributed by atoms with Crippen LogP contribution >= 0.6 is 0 Å². The van der Waals surface area contributed by atoms with Crippen LogP contribution in [0, 0.1) is 6.92 Å². The summed E-state index contributed by atoms with van der Waals surface area (Å²) >= 11 is 0. The van der Waals surface area contributed by atoms with Gasteiger partial charge in [-0.2, -0.15) is 8.42 Å². The number of benzene rings is 1. The van der Waals surface area contributed by atoms with Gasteiger partial charge in [0.05, 0.1) is 5.69 Å². The Labute approximate surface area is 152 Å². The highest BCUT2D eigenvalue weighted by Gasteiger charge is 2.43. The van der Waals surface area contributed by atoms with E-state index in [1.807, 2.05) is 26.0 Å². The van der Waals surface area contributed by atoms with Crippen molar-refractivity contribution >= 4 is 29.9 Å². The van der Waals surface area contributed by atoms with Crippen LogP contribution in [0.15, 0.2) is 18.2 Å². The molecule has 6 nitrogen and oxygen atoms in total. The molecule has 1 aromatic rings. The normalized spacial score (nSPS) is 18.7. The molecule has 1 aromatic carbocycles. The molecule has 25 heavy (non-hydrogen) atoms. The molecule has 1 aliphatic rings. The second-order valence-electron chi connectivity index (χ2n) is 8.09. The molecule has 1 aliphatic heterocycles. The van der Waals surface area contributed by atoms with Crippen molar-refractivity contribution in [3.8, 4) is 0 Å². The summed E-state index contributed by atoms with van der Waals surface area (Å²) in [5.41, 5.74) is 8.29. The van der Waals surface area contributed by atoms with E-state index in [1.165, 1.54) is 4.31 Å². The molecule has 0 aromatic heterocycles. The van der Waals surface area contributed by atoms with Crippen molar-refractivity contribution in [2.45, 2.75) is 52.0 Å². The minimum absolute atomic E-state index is 0.0411. The number of aryl methyl sites for hydroxylation is 1. The predicted octanol–water partition coefficient (Wildman–Crippen LogP) is 2.12. The standard InChI is InChI=1S/C17H29N3O3SSi/c1-13-10-15(11-14(2)18)6-7-16(13)20-12-17(21)19(24(20,22)23)8-9-25(3,4)5/h6-7,10,14H,8-9,11-12,18H2,1-5H3/t14-/m1/s1. The molecule has 0 spiro atoms. The molecule has 0 aliphatic carbocycles. The fourth-order valence-electron chi connectivity index (χ4n) is 2.91. The van der Waals surface area contributed by atoms with Crippen LogP contribution in [-0.4, -0.2) is 45.8 Å². The number of carbonyl (C=O) groups excluding carboxylic acids is 1. The largest absolute Gasteiger partial charge is 0.329 e. The summed E-state index contributed by atoms with van der Waals surface area (Å²) in [6.07, 6.45) is 0.731. The first kappa shape index (κ1) is 19.9. The molecular formula is C17H29N3O3SSi. The third-order valence-electron chi connectivity index (χ3n) is 4.27. The van der Waals surface area contributed by atoms with Gasteiger partial charge in [0.15, 0.2) is 0 Å². The molecule has 0 saturated carbocycles. The summed E-state index contributed by atoms with van der Waals surface area (Å²) in [5, 5.41) is 0. The van der Waals surface area contributed by atoms with Gasteiger partial charge >= 0.3 is 10.2 Å². The van der Waals surface area contributed by atoms with E-state index in [9.17, 15) is 13.2 Å². The summed E-state index contributed by atoms with van der Waals surface area (Å²) in [6.45, 7) is 10.4. The van der Waals surface area contributed by atoms with Gasteiger partial charge in [0.1, 0.15) is 6.54 Å². The van der Waals surface area contributed by atoms with Crippen LogP contribution in [0.2, 0.25) is 25.7 Å². The average molecular weight is 384 g/mol. The summed E-state index contributed by atoms with van der Waals surface area (Å²) in [6, 6.07) is 6.41. The highest BCUT2D eigenvalue weighted by atomic mass is 32.2. The van der Waals surface area contributed by atoms with Crippen LogP contribution in [0.5, 0.6) is 0 Å². The van der Waals surface area contributed by atoms with E-state index in [1.54, 1.807) is 6.07 Å². The zero-order valence-electron chi connectivity index (χ0n) is 15.7. The Kier molecular flexibility index (Phi) is 5.65. The number of nitrogens with two attached hydrogens (primary N) is 1. The SMILES string of the molecule is Cc1cc(C[C@@H](C)N)ccc1N1CC(=O)N(CC[Si](C)(C)C)S1(=O)=O. The molecule has 1 heterocycles. The van der Waals surface area contributed by atoms with Crippen LogP contribution in [0.4, 0.5) is 5.69 Å². The quantitative estimate of drug-likeness (QED) is 0.763. The van der Waals surface area contributed by atoms with Gasteiger partial charge in [0, 0.05) is 20.7 Å². The van der Waals surface area contributed by atoms with Gasteiger partial charge in [-0.3, -0.25) is 4.79 Å². The van der Waals surface area contributed by atoms with E-state index in [4.69, 9.17) is 5.73 Å². The minimum atomic E-state index is -3.80. The predicted molar refractivity (Wildman–Crippen MR) is 105 cm³/mol. The van der Waals surface area contributed by atoms with Crippen molar-refractivity contribution in [2.75, 3.05) is 17.4 Å². The summed E-state index contributed by atoms with van der Waals surface area (Å²) in [4.78, 5) is 12.3. The first-order valence-electron chi connectivity index (χ1n) is 8.60. The number of hydrogen-bond donors (Lipinski definition) is 1. The van der Waals surface area contributed by atoms with Crippen LogP contribution in [-0.2, 0) is 21.4 Å². The lowest BCUT2D eigenvalue weighted by Gasteiger charge is -2.23. The van der Waals surface area contributed by atoms with Crippen molar-refractivity contribution in [1.82, 2.24) is 4.31 Å². The number of carbonyl (C=O) groups is 1. The maximum Gasteiger partial charge on any atom is 0.329 e. The van der Waals surface area contributed by atoms with Crippen LogP contribution in [0.25, 0.3) is 0 Å². The lowest BCUT2D eigenvalue weighted by Crippen LogP contribution is -2.37. The fraction of sp³-hybridized carbons (Fsp3) is 0.588. The monoisotopic (exact) mass is 383 g/mol. The molecule has 1 saturated heterocycles. The van der Waals surface area contributed by atoms with Crippen molar-refractivity contribution < 1.29 is 13.2 Å². The topological polar surface area (TPSA) is 83.7 Å². The van der Waals surface area contributed by atoms with E-state index >= 15 is 0 Å². The van der Waals surface area contributed by atoms with Crippen molar-refractivity contribution in [3.63, 3.8) is 0 Å². The van der Waals surface area contributed by atoms with E-state index < -0.39 is 18.3 Å². The number of anilines is 1. The van der Waals surface area contributed by atoms with Gasteiger partial charge in [-0.15, -0.1) is 0 Å². The number of rotatable bonds is 6. The van der Waals surface area contributed by atoms with Crippen molar-refractivity contribution in [3.05, 3.63) is 29.3 Å². The number of amides is 1. The Morgan fingerprint density at radius 1 is 1.28 bits per heavy atom. The van der Waals surface area contributed by atoms with Crippen LogP contribution in [0.1, 0.15) is 18.1 Å². The molecule has 1 atom stereocenters. The molecule has 0 unspecified atom stereocenters. The molecule has 2 rings (SSSR count). The van der Waals surface area contributed by atoms with Crippen LogP contribution < -0.4 is 10.0 Å². The van der Waals surface area contributed by atoms with Gasteiger partial charge in [-0.05, 0) is 43.5 Å². The third kappa shape index (κ3) is 4.62. The van der Waals surface area contributed by atoms with E-state index in [0.717, 1.165) is 27.9 Å². The third-order valence-corrected chi connectivity index (χ3v) is 7.82. The highest BCUT2D eigenvalue weighted by molar-refractivity contribution is 7.91. The molecule has 2 N–H and O–H groups in total. The van der Waals surface area contributed by atoms with Crippen LogP contribution in [0.3, 0.4) is 0 Å². The molecular weight excluding hydrogens is 354 g/mol. The highest BCUT2D eigenvalue weighted by Crippen LogP contribution is 2.30. The zero-order valence-corrected chi connectivity index (χ0v) is 17.6. The Morgan fingerprint density at radius 3 is 2.44 bits per heavy atom. The van der Waals surface area contributed by atoms with Crippen molar-refractivity contribution in [2.24, 2.45) is 5.73 Å². The molecule has 140 valence electrons. The Hall–Kier alpha value is -1.38. The summed E-state index contributed by atoms with van der Waals surface area (Å²) < 4.78 is 28.0. The average Bonchev–Trinajstić information content (AvgIpc) is 2.65. The fourth-order valence-corrected chi connectivity index (χ4v) is 5.57. The Morgan fingerprint density at radius 2 is 1.92 bits per heavy atom. The number of nitrogens with zero attached hydrogens (tertiary/aromatic N) is 2. The maximum absolute atomic E-state index is 12.9. The van der Waals surface area contributed by atoms with Gasteiger partial charge in [-0.1, -0.05) is 31.8 Å². The molecule has 8 heteroatoms. The maximum atomic E-state index is 12.9. The second-order valence-corrected chi connectivity index (χ2v) is 15.5. The van der Waals surface area contributed by atoms with Gasteiger partial charge in [-0.25, -0.2) is 8.61 Å². The van der Waals surface area contributed by atoms with Crippen molar-refractivity contribution in [1.29, 1.82) is 0 Å². The van der Waals surface area contributed by atoms with Gasteiger partial charge in [0.25, 0.3) is 5.91 Å². The molecule has 0 bridgehead atoms. The lowest BCUT2D eigenvalue weighted by molar-refractivity contribution is -0.123. The summed E-state index contributed by atoms with van der Waals surface area (Å²) in [7, 11) is -5.24. The van der Waals surface area contributed by atoms with E-state index in [0.29, 0.717) is 5.69 Å². The van der Waals surface area contributed by atoms with E-state index in [2.05, 4.69) is 19.6 Å². The molecule has 1 amide bonds. The Balaban J connectivity index is 2.27. The van der Waals surface area contributed by atoms with E-state index in [-0.39, 0.29) is 25.0 Å². The summed E-state index contributed by atoms with van der Waals surface area (Å²) in [5.74, 6) is -0.350. The first-order valence-corrected chi connectivity index (χ1v) is 13.7. The molecule has 0 radical (unpaired) electrons. The second kappa shape index (κ2) is 7.09. The Bertz CT molecular complexity index is 757. The van der Waals surface area contributed by atoms with Gasteiger partial charge < -0.3 is 5.73 Å². The zero-order chi connectivity index (χ0) is 19.0.